The molecule has 4 heteroatoms. The van der Waals surface area contributed by atoms with Crippen LogP contribution in [0.2, 0.25) is 0 Å². The molecule has 1 spiro atoms. The van der Waals surface area contributed by atoms with Crippen LogP contribution < -0.4 is 0 Å². The summed E-state index contributed by atoms with van der Waals surface area (Å²) >= 11 is 0. The van der Waals surface area contributed by atoms with Crippen LogP contribution in [0.5, 0.6) is 0 Å². The van der Waals surface area contributed by atoms with Gasteiger partial charge in [0.15, 0.2) is 5.78 Å². The molecule has 1 N–H and O–H groups in total. The van der Waals surface area contributed by atoms with Crippen molar-refractivity contribution >= 4 is 5.78 Å². The van der Waals surface area contributed by atoms with Gasteiger partial charge < -0.3 is 10.1 Å². The number of hydrogen-bond donors (Lipinski definition) is 1. The predicted molar refractivity (Wildman–Crippen MR) is 126 cm³/mol. The van der Waals surface area contributed by atoms with Crippen molar-refractivity contribution in [2.24, 2.45) is 0 Å². The van der Waals surface area contributed by atoms with Crippen LogP contribution in [0.1, 0.15) is 36.1 Å². The number of hydrogen-bond acceptors (Lipinski definition) is 3. The monoisotopic (exact) mass is 519 g/mol. The summed E-state index contributed by atoms with van der Waals surface area (Å²) in [6.45, 7) is 2.85. The molecular formula is C29H22NO2Rh-. The first-order chi connectivity index (χ1) is 15.5. The molecule has 165 valence electrons. The number of rotatable bonds is 1. The fourth-order valence-corrected chi connectivity index (χ4v) is 5.11. The number of benzene rings is 3. The molecule has 0 saturated carbocycles. The first-order valence-corrected chi connectivity index (χ1v) is 10.6. The Kier molecular flexibility index (Phi) is 6.14. The average Bonchev–Trinajstić information content (AvgIpc) is 3.26. The number of aliphatic hydroxyl groups excluding tert-OH is 1. The zero-order valence-corrected chi connectivity index (χ0v) is 19.9. The van der Waals surface area contributed by atoms with Gasteiger partial charge in [-0.2, -0.15) is 0 Å². The first-order valence-electron chi connectivity index (χ1n) is 10.6. The maximum atomic E-state index is 10.0. The van der Waals surface area contributed by atoms with Gasteiger partial charge in [-0.05, 0) is 47.9 Å². The smallest absolute Gasteiger partial charge is 0.155 e. The molecule has 0 amide bonds. The van der Waals surface area contributed by atoms with Crippen LogP contribution in [-0.2, 0) is 29.7 Å². The molecule has 33 heavy (non-hydrogen) atoms. The number of nitrogens with zero attached hydrogens (tertiary/aromatic N) is 1. The van der Waals surface area contributed by atoms with Gasteiger partial charge in [0.2, 0.25) is 0 Å². The van der Waals surface area contributed by atoms with Crippen LogP contribution in [0, 0.1) is 6.07 Å². The van der Waals surface area contributed by atoms with Gasteiger partial charge in [-0.3, -0.25) is 4.79 Å². The van der Waals surface area contributed by atoms with E-state index in [2.05, 4.69) is 78.9 Å². The summed E-state index contributed by atoms with van der Waals surface area (Å²) in [6, 6.07) is 31.6. The molecule has 3 nitrogen and oxygen atoms in total. The number of carbonyl (C=O) groups is 1. The van der Waals surface area contributed by atoms with Crippen molar-refractivity contribution in [1.29, 1.82) is 0 Å². The van der Waals surface area contributed by atoms with Crippen molar-refractivity contribution in [3.05, 3.63) is 125 Å². The molecule has 4 aromatic rings. The zero-order valence-electron chi connectivity index (χ0n) is 18.3. The van der Waals surface area contributed by atoms with E-state index in [0.29, 0.717) is 0 Å². The third kappa shape index (κ3) is 3.46. The quantitative estimate of drug-likeness (QED) is 0.121. The number of carbonyl (C=O) groups excluding carboxylic acids is 1. The molecule has 3 aromatic carbocycles. The minimum atomic E-state index is -0.274. The number of aromatic nitrogens is 1. The molecule has 6 rings (SSSR count). The van der Waals surface area contributed by atoms with E-state index in [4.69, 9.17) is 10.1 Å². The van der Waals surface area contributed by atoms with E-state index in [1.165, 1.54) is 53.3 Å². The Labute approximate surface area is 206 Å². The molecular weight excluding hydrogens is 497 g/mol. The summed E-state index contributed by atoms with van der Waals surface area (Å²) in [5.74, 6) is -0.0625. The van der Waals surface area contributed by atoms with Crippen molar-refractivity contribution in [3.63, 3.8) is 0 Å². The molecule has 1 aromatic heterocycles. The van der Waals surface area contributed by atoms with Gasteiger partial charge in [-0.15, -0.1) is 35.4 Å². The predicted octanol–water partition coefficient (Wildman–Crippen LogP) is 6.26. The van der Waals surface area contributed by atoms with Crippen molar-refractivity contribution in [1.82, 2.24) is 4.98 Å². The Hall–Kier alpha value is -3.36. The summed E-state index contributed by atoms with van der Waals surface area (Å²) in [4.78, 5) is 14.8. The van der Waals surface area contributed by atoms with Gasteiger partial charge in [0.05, 0.1) is 5.76 Å². The molecule has 0 bridgehead atoms. The Morgan fingerprint density at radius 2 is 1.42 bits per heavy atom. The van der Waals surface area contributed by atoms with Gasteiger partial charge in [0.25, 0.3) is 0 Å². The van der Waals surface area contributed by atoms with E-state index in [1.54, 1.807) is 0 Å². The fraction of sp³-hybridized carbons (Fsp3) is 0.103. The second kappa shape index (κ2) is 8.88. The second-order valence-corrected chi connectivity index (χ2v) is 8.10. The number of allylic oxidation sites excluding steroid dienone is 2. The maximum absolute atomic E-state index is 10.0. The number of aliphatic hydroxyl groups is 1. The Bertz CT molecular complexity index is 1200. The first kappa shape index (κ1) is 22.8. The van der Waals surface area contributed by atoms with Crippen LogP contribution in [0.4, 0.5) is 0 Å². The van der Waals surface area contributed by atoms with E-state index in [1.807, 2.05) is 12.3 Å². The third-order valence-corrected chi connectivity index (χ3v) is 6.07. The van der Waals surface area contributed by atoms with Crippen LogP contribution in [0.25, 0.3) is 22.4 Å². The Balaban J connectivity index is 0.000000287. The third-order valence-electron chi connectivity index (χ3n) is 6.07. The van der Waals surface area contributed by atoms with Crippen molar-refractivity contribution in [2.45, 2.75) is 19.3 Å². The van der Waals surface area contributed by atoms with Gasteiger partial charge in [-0.25, -0.2) is 0 Å². The topological polar surface area (TPSA) is 50.2 Å². The molecule has 0 saturated heterocycles. The van der Waals surface area contributed by atoms with Gasteiger partial charge in [0.1, 0.15) is 0 Å². The molecule has 1 radical (unpaired) electrons. The molecule has 2 aliphatic carbocycles. The number of pyridine rings is 1. The van der Waals surface area contributed by atoms with Gasteiger partial charge >= 0.3 is 0 Å². The normalized spacial score (nSPS) is 13.6. The molecule has 0 unspecified atom stereocenters. The van der Waals surface area contributed by atoms with Crippen molar-refractivity contribution in [2.75, 3.05) is 0 Å². The van der Waals surface area contributed by atoms with E-state index in [0.717, 1.165) is 11.3 Å². The molecule has 2 aliphatic rings. The molecule has 0 fully saturated rings. The van der Waals surface area contributed by atoms with Gasteiger partial charge in [0, 0.05) is 37.2 Å². The van der Waals surface area contributed by atoms with E-state index in [-0.39, 0.29) is 36.4 Å². The summed E-state index contributed by atoms with van der Waals surface area (Å²) in [7, 11) is 0. The Morgan fingerprint density at radius 1 is 0.848 bits per heavy atom. The summed E-state index contributed by atoms with van der Waals surface area (Å²) in [6.07, 6.45) is 3.05. The SMILES string of the molecule is CC(=O)/C=C(/C)O.[Rh].[c-]1cccc2c1-c1ncccc1C21c2ccccc2-c2ccccc21. The standard InChI is InChI=1S/C24H14N.C5H8O2.Rh/c1-4-11-19-16(8-1)17-9-2-5-12-20(17)24(19)21-13-6-3-10-18(21)23-22(24)14-7-15-25-23;1-4(6)3-5(2)7;/h1-9,11-15H;3,6H,1-2H3;/q-1;;/b;4-3-;. The summed E-state index contributed by atoms with van der Waals surface area (Å²) in [5.41, 5.74) is 9.83. The Morgan fingerprint density at radius 3 is 2.00 bits per heavy atom. The number of ketones is 1. The zero-order chi connectivity index (χ0) is 22.3. The van der Waals surface area contributed by atoms with E-state index >= 15 is 0 Å². The van der Waals surface area contributed by atoms with Crippen LogP contribution >= 0.6 is 0 Å². The number of fused-ring (bicyclic) bond motifs is 10. The minimum absolute atomic E-state index is 0. The fourth-order valence-electron chi connectivity index (χ4n) is 5.11. The average molecular weight is 519 g/mol. The molecule has 1 heterocycles. The van der Waals surface area contributed by atoms with Crippen LogP contribution in [-0.4, -0.2) is 15.9 Å². The molecule has 0 aliphatic heterocycles. The van der Waals surface area contributed by atoms with E-state index in [9.17, 15) is 4.79 Å². The van der Waals surface area contributed by atoms with Gasteiger partial charge in [-0.1, -0.05) is 60.2 Å². The molecule has 0 atom stereocenters. The summed E-state index contributed by atoms with van der Waals surface area (Å²) in [5, 5.41) is 8.36. The second-order valence-electron chi connectivity index (χ2n) is 8.10. The van der Waals surface area contributed by atoms with Crippen molar-refractivity contribution in [3.8, 4) is 22.4 Å². The minimum Gasteiger partial charge on any atom is -0.512 e. The summed E-state index contributed by atoms with van der Waals surface area (Å²) < 4.78 is 0. The largest absolute Gasteiger partial charge is 0.512 e. The van der Waals surface area contributed by atoms with Crippen LogP contribution in [0.3, 0.4) is 0 Å². The van der Waals surface area contributed by atoms with E-state index < -0.39 is 0 Å². The van der Waals surface area contributed by atoms with Crippen LogP contribution in [0.15, 0.2) is 96.9 Å². The van der Waals surface area contributed by atoms with Crippen molar-refractivity contribution < 1.29 is 29.4 Å². The maximum Gasteiger partial charge on any atom is 0.155 e.